The second kappa shape index (κ2) is 5.04. The highest BCUT2D eigenvalue weighted by atomic mass is 35.5. The van der Waals surface area contributed by atoms with Crippen molar-refractivity contribution in [2.75, 3.05) is 0 Å². The molecule has 0 saturated carbocycles. The van der Waals surface area contributed by atoms with Crippen LogP contribution in [0.4, 0.5) is 5.69 Å². The van der Waals surface area contributed by atoms with E-state index in [0.29, 0.717) is 9.98 Å². The van der Waals surface area contributed by atoms with E-state index in [0.717, 1.165) is 4.70 Å². The van der Waals surface area contributed by atoms with E-state index in [9.17, 15) is 10.1 Å². The summed E-state index contributed by atoms with van der Waals surface area (Å²) in [7, 11) is 0. The zero-order valence-corrected chi connectivity index (χ0v) is 9.80. The Hall–Kier alpha value is -1.20. The van der Waals surface area contributed by atoms with Crippen LogP contribution in [0.25, 0.3) is 10.2 Å². The molecule has 0 spiro atoms. The number of nitro groups is 1. The summed E-state index contributed by atoms with van der Waals surface area (Å²) in [4.78, 5) is 13.9. The van der Waals surface area contributed by atoms with Gasteiger partial charge in [-0.15, -0.1) is 11.3 Å². The number of benzene rings is 1. The van der Waals surface area contributed by atoms with Crippen molar-refractivity contribution in [3.05, 3.63) is 32.8 Å². The number of hydrogen-bond donors (Lipinski definition) is 0. The fourth-order valence-corrected chi connectivity index (χ4v) is 2.06. The van der Waals surface area contributed by atoms with Crippen LogP contribution in [0.2, 0.25) is 4.47 Å². The minimum atomic E-state index is -0.437. The van der Waals surface area contributed by atoms with Gasteiger partial charge in [0.15, 0.2) is 4.47 Å². The third kappa shape index (κ3) is 2.64. The predicted molar refractivity (Wildman–Crippen MR) is 62.6 cm³/mol. The highest BCUT2D eigenvalue weighted by molar-refractivity contribution is 7.22. The molecule has 2 aromatic rings. The smallest absolute Gasteiger partial charge is 0.258 e. The number of rotatable bonds is 1. The molecular formula is C9H9ClN2O2S. The highest BCUT2D eigenvalue weighted by Gasteiger charge is 2.08. The van der Waals surface area contributed by atoms with Gasteiger partial charge in [0.05, 0.1) is 15.1 Å². The molecule has 80 valence electrons. The molecule has 0 saturated heterocycles. The Kier molecular flexibility index (Phi) is 3.99. The molecule has 0 unspecified atom stereocenters. The van der Waals surface area contributed by atoms with Gasteiger partial charge in [-0.2, -0.15) is 0 Å². The molecule has 4 nitrogen and oxygen atoms in total. The van der Waals surface area contributed by atoms with Crippen LogP contribution in [0.3, 0.4) is 0 Å². The molecule has 0 radical (unpaired) electrons. The first kappa shape index (κ1) is 11.9. The van der Waals surface area contributed by atoms with Crippen molar-refractivity contribution < 1.29 is 4.92 Å². The van der Waals surface area contributed by atoms with Gasteiger partial charge in [0.1, 0.15) is 0 Å². The molecule has 1 heterocycles. The quantitative estimate of drug-likeness (QED) is 0.565. The van der Waals surface area contributed by atoms with E-state index in [1.54, 1.807) is 6.07 Å². The molecule has 0 N–H and O–H groups in total. The van der Waals surface area contributed by atoms with E-state index in [1.807, 2.05) is 13.8 Å². The lowest BCUT2D eigenvalue weighted by Crippen LogP contribution is -1.85. The largest absolute Gasteiger partial charge is 0.270 e. The molecule has 0 atom stereocenters. The van der Waals surface area contributed by atoms with Crippen LogP contribution >= 0.6 is 22.9 Å². The summed E-state index contributed by atoms with van der Waals surface area (Å²) in [6, 6.07) is 4.48. The lowest BCUT2D eigenvalue weighted by Gasteiger charge is -1.88. The first-order valence-electron chi connectivity index (χ1n) is 4.37. The Morgan fingerprint density at radius 2 is 2.13 bits per heavy atom. The molecule has 1 aromatic heterocycles. The first-order valence-corrected chi connectivity index (χ1v) is 5.57. The summed E-state index contributed by atoms with van der Waals surface area (Å²) in [5, 5.41) is 10.4. The minimum absolute atomic E-state index is 0.0628. The van der Waals surface area contributed by atoms with Crippen LogP contribution in [0.1, 0.15) is 13.8 Å². The van der Waals surface area contributed by atoms with Crippen LogP contribution in [0.5, 0.6) is 0 Å². The average Bonchev–Trinajstić information content (AvgIpc) is 2.59. The molecule has 0 aliphatic heterocycles. The monoisotopic (exact) mass is 244 g/mol. The lowest BCUT2D eigenvalue weighted by atomic mass is 10.3. The summed E-state index contributed by atoms with van der Waals surface area (Å²) in [5.41, 5.74) is 0.758. The van der Waals surface area contributed by atoms with Gasteiger partial charge in [-0.05, 0) is 6.07 Å². The molecular weight excluding hydrogens is 236 g/mol. The van der Waals surface area contributed by atoms with Crippen molar-refractivity contribution >= 4 is 38.8 Å². The standard InChI is InChI=1S/C7H3ClN2O2S.C2H6/c8-7-9-5-2-1-4(10(11)12)3-6(5)13-7;1-2/h1-3H;1-2H3. The van der Waals surface area contributed by atoms with Gasteiger partial charge in [0.25, 0.3) is 5.69 Å². The maximum Gasteiger partial charge on any atom is 0.270 e. The van der Waals surface area contributed by atoms with Crippen molar-refractivity contribution in [2.45, 2.75) is 13.8 Å². The van der Waals surface area contributed by atoms with Gasteiger partial charge in [0.2, 0.25) is 0 Å². The van der Waals surface area contributed by atoms with E-state index in [4.69, 9.17) is 11.6 Å². The Morgan fingerprint density at radius 1 is 1.47 bits per heavy atom. The molecule has 2 rings (SSSR count). The van der Waals surface area contributed by atoms with Crippen molar-refractivity contribution in [3.63, 3.8) is 0 Å². The Labute approximate surface area is 95.7 Å². The SMILES string of the molecule is CC.O=[N+]([O-])c1ccc2nc(Cl)sc2c1. The number of nitrogens with zero attached hydrogens (tertiary/aromatic N) is 2. The van der Waals surface area contributed by atoms with Crippen LogP contribution in [0, 0.1) is 10.1 Å². The third-order valence-electron chi connectivity index (χ3n) is 1.56. The van der Waals surface area contributed by atoms with Gasteiger partial charge >= 0.3 is 0 Å². The highest BCUT2D eigenvalue weighted by Crippen LogP contribution is 2.28. The first-order chi connectivity index (χ1) is 7.16. The van der Waals surface area contributed by atoms with Gasteiger partial charge in [-0.1, -0.05) is 25.4 Å². The summed E-state index contributed by atoms with van der Waals surface area (Å²) in [6.45, 7) is 4.00. The molecule has 0 aliphatic carbocycles. The Bertz CT molecular complexity index is 484. The maximum atomic E-state index is 10.4. The van der Waals surface area contributed by atoms with Crippen LogP contribution in [0.15, 0.2) is 18.2 Å². The van der Waals surface area contributed by atoms with Gasteiger partial charge < -0.3 is 0 Å². The van der Waals surface area contributed by atoms with E-state index in [-0.39, 0.29) is 5.69 Å². The summed E-state index contributed by atoms with van der Waals surface area (Å²) < 4.78 is 1.13. The number of fused-ring (bicyclic) bond motifs is 1. The minimum Gasteiger partial charge on any atom is -0.258 e. The van der Waals surface area contributed by atoms with Crippen molar-refractivity contribution in [1.29, 1.82) is 0 Å². The Balaban J connectivity index is 0.000000531. The zero-order chi connectivity index (χ0) is 11.4. The van der Waals surface area contributed by atoms with Crippen LogP contribution in [-0.2, 0) is 0 Å². The zero-order valence-electron chi connectivity index (χ0n) is 8.23. The fraction of sp³-hybridized carbons (Fsp3) is 0.222. The number of thiazole rings is 1. The number of hydrogen-bond acceptors (Lipinski definition) is 4. The second-order valence-electron chi connectivity index (χ2n) is 2.38. The number of non-ortho nitro benzene ring substituents is 1. The summed E-state index contributed by atoms with van der Waals surface area (Å²) >= 11 is 6.89. The average molecular weight is 245 g/mol. The number of nitro benzene ring substituents is 1. The molecule has 0 amide bonds. The fourth-order valence-electron chi connectivity index (χ4n) is 0.999. The van der Waals surface area contributed by atoms with Crippen molar-refractivity contribution in [2.24, 2.45) is 0 Å². The van der Waals surface area contributed by atoms with Crippen LogP contribution in [-0.4, -0.2) is 9.91 Å². The Morgan fingerprint density at radius 3 is 2.73 bits per heavy atom. The second-order valence-corrected chi connectivity index (χ2v) is 3.99. The lowest BCUT2D eigenvalue weighted by molar-refractivity contribution is -0.384. The molecule has 0 fully saturated rings. The van der Waals surface area contributed by atoms with E-state index < -0.39 is 4.92 Å². The van der Waals surface area contributed by atoms with Crippen LogP contribution < -0.4 is 0 Å². The van der Waals surface area contributed by atoms with Gasteiger partial charge in [-0.3, -0.25) is 10.1 Å². The third-order valence-corrected chi connectivity index (χ3v) is 2.68. The van der Waals surface area contributed by atoms with Crippen molar-refractivity contribution in [3.8, 4) is 0 Å². The summed E-state index contributed by atoms with van der Waals surface area (Å²) in [5.74, 6) is 0. The van der Waals surface area contributed by atoms with Gasteiger partial charge in [0, 0.05) is 12.1 Å². The number of halogens is 1. The maximum absolute atomic E-state index is 10.4. The molecule has 15 heavy (non-hydrogen) atoms. The molecule has 0 aliphatic rings. The summed E-state index contributed by atoms with van der Waals surface area (Å²) in [6.07, 6.45) is 0. The molecule has 1 aromatic carbocycles. The number of aromatic nitrogens is 1. The normalized spacial score (nSPS) is 9.53. The van der Waals surface area contributed by atoms with Gasteiger partial charge in [-0.25, -0.2) is 4.98 Å². The molecule has 0 bridgehead atoms. The molecule has 6 heteroatoms. The predicted octanol–water partition coefficient (Wildman–Crippen LogP) is 3.88. The topological polar surface area (TPSA) is 56.0 Å². The van der Waals surface area contributed by atoms with Crippen molar-refractivity contribution in [1.82, 2.24) is 4.98 Å². The van der Waals surface area contributed by atoms with E-state index in [2.05, 4.69) is 4.98 Å². The van der Waals surface area contributed by atoms with E-state index in [1.165, 1.54) is 23.5 Å². The van der Waals surface area contributed by atoms with E-state index >= 15 is 0 Å².